The fourth-order valence-electron chi connectivity index (χ4n) is 1.00. The third-order valence-corrected chi connectivity index (χ3v) is 1.75. The van der Waals surface area contributed by atoms with E-state index in [0.29, 0.717) is 6.61 Å². The first-order valence-corrected chi connectivity index (χ1v) is 4.65. The molecule has 0 aliphatic carbocycles. The monoisotopic (exact) mass is 200 g/mol. The standard InChI is InChI=1S/C10H16O4/c1-4-14-10(13)5-7(2)9(12)6-8(3)11/h7H,4-6H2,1-3H3. The first-order valence-electron chi connectivity index (χ1n) is 4.65. The quantitative estimate of drug-likeness (QED) is 0.476. The Labute approximate surface area is 83.6 Å². The lowest BCUT2D eigenvalue weighted by atomic mass is 9.99. The van der Waals surface area contributed by atoms with Crippen LogP contribution in [0.25, 0.3) is 0 Å². The van der Waals surface area contributed by atoms with Crippen LogP contribution < -0.4 is 0 Å². The molecule has 0 spiro atoms. The predicted octanol–water partition coefficient (Wildman–Crippen LogP) is 1.12. The van der Waals surface area contributed by atoms with Crippen molar-refractivity contribution in [3.8, 4) is 0 Å². The number of esters is 1. The van der Waals surface area contributed by atoms with Crippen LogP contribution in [0.15, 0.2) is 0 Å². The van der Waals surface area contributed by atoms with Gasteiger partial charge in [-0.15, -0.1) is 0 Å². The number of hydrogen-bond donors (Lipinski definition) is 0. The van der Waals surface area contributed by atoms with Crippen molar-refractivity contribution in [2.45, 2.75) is 33.6 Å². The Kier molecular flexibility index (Phi) is 5.76. The van der Waals surface area contributed by atoms with Gasteiger partial charge in [-0.05, 0) is 13.8 Å². The third-order valence-electron chi connectivity index (χ3n) is 1.75. The summed E-state index contributed by atoms with van der Waals surface area (Å²) in [7, 11) is 0. The molecule has 0 fully saturated rings. The lowest BCUT2D eigenvalue weighted by molar-refractivity contribution is -0.146. The first kappa shape index (κ1) is 12.8. The number of hydrogen-bond acceptors (Lipinski definition) is 4. The van der Waals surface area contributed by atoms with E-state index in [9.17, 15) is 14.4 Å². The van der Waals surface area contributed by atoms with Crippen molar-refractivity contribution >= 4 is 17.5 Å². The van der Waals surface area contributed by atoms with Crippen molar-refractivity contribution in [1.82, 2.24) is 0 Å². The van der Waals surface area contributed by atoms with E-state index in [1.807, 2.05) is 0 Å². The number of rotatable bonds is 6. The minimum absolute atomic E-state index is 0.0555. The summed E-state index contributed by atoms with van der Waals surface area (Å²) < 4.78 is 4.69. The average molecular weight is 200 g/mol. The second kappa shape index (κ2) is 6.29. The van der Waals surface area contributed by atoms with Crippen LogP contribution in [0.1, 0.15) is 33.6 Å². The Morgan fingerprint density at radius 3 is 2.29 bits per heavy atom. The van der Waals surface area contributed by atoms with Crippen molar-refractivity contribution in [2.75, 3.05) is 6.61 Å². The van der Waals surface area contributed by atoms with Gasteiger partial charge in [0.1, 0.15) is 11.6 Å². The summed E-state index contributed by atoms with van der Waals surface area (Å²) >= 11 is 0. The number of ether oxygens (including phenoxy) is 1. The Hall–Kier alpha value is -1.19. The molecular formula is C10H16O4. The molecule has 0 heterocycles. The molecule has 0 N–H and O–H groups in total. The van der Waals surface area contributed by atoms with E-state index in [1.165, 1.54) is 6.92 Å². The molecule has 0 amide bonds. The van der Waals surface area contributed by atoms with Crippen LogP contribution in [0.3, 0.4) is 0 Å². The average Bonchev–Trinajstić information content (AvgIpc) is 2.02. The second-order valence-electron chi connectivity index (χ2n) is 3.26. The van der Waals surface area contributed by atoms with Crippen LogP contribution in [-0.4, -0.2) is 24.1 Å². The number of carbonyl (C=O) groups is 3. The van der Waals surface area contributed by atoms with Gasteiger partial charge in [0.2, 0.25) is 0 Å². The van der Waals surface area contributed by atoms with Gasteiger partial charge in [-0.1, -0.05) is 6.92 Å². The largest absolute Gasteiger partial charge is 0.466 e. The molecule has 0 aliphatic rings. The summed E-state index contributed by atoms with van der Waals surface area (Å²) in [6.45, 7) is 5.00. The molecule has 0 aliphatic heterocycles. The van der Waals surface area contributed by atoms with Crippen molar-refractivity contribution < 1.29 is 19.1 Å². The topological polar surface area (TPSA) is 60.4 Å². The highest BCUT2D eigenvalue weighted by Gasteiger charge is 2.18. The summed E-state index contributed by atoms with van der Waals surface area (Å²) in [5, 5.41) is 0. The van der Waals surface area contributed by atoms with Gasteiger partial charge in [0.25, 0.3) is 0 Å². The molecule has 1 atom stereocenters. The zero-order valence-electron chi connectivity index (χ0n) is 8.83. The number of Topliss-reactive ketones (excluding diaryl/α,β-unsaturated/α-hetero) is 2. The molecule has 4 nitrogen and oxygen atoms in total. The maximum Gasteiger partial charge on any atom is 0.306 e. The Morgan fingerprint density at radius 2 is 1.86 bits per heavy atom. The van der Waals surface area contributed by atoms with Crippen LogP contribution >= 0.6 is 0 Å². The van der Waals surface area contributed by atoms with Crippen LogP contribution in [0.2, 0.25) is 0 Å². The molecule has 80 valence electrons. The zero-order valence-corrected chi connectivity index (χ0v) is 8.83. The molecule has 0 aromatic rings. The highest BCUT2D eigenvalue weighted by Crippen LogP contribution is 2.07. The number of carbonyl (C=O) groups excluding carboxylic acids is 3. The van der Waals surface area contributed by atoms with Gasteiger partial charge < -0.3 is 4.74 Å². The molecule has 4 heteroatoms. The molecule has 0 aromatic carbocycles. The summed E-state index contributed by atoms with van der Waals surface area (Å²) in [4.78, 5) is 32.9. The van der Waals surface area contributed by atoms with Gasteiger partial charge >= 0.3 is 5.97 Å². The van der Waals surface area contributed by atoms with E-state index in [2.05, 4.69) is 0 Å². The summed E-state index contributed by atoms with van der Waals surface area (Å²) in [6.07, 6.45) is -0.0411. The highest BCUT2D eigenvalue weighted by molar-refractivity contribution is 5.99. The lowest BCUT2D eigenvalue weighted by Gasteiger charge is -2.08. The van der Waals surface area contributed by atoms with Crippen LogP contribution in [0.5, 0.6) is 0 Å². The van der Waals surface area contributed by atoms with Crippen molar-refractivity contribution in [3.05, 3.63) is 0 Å². The molecule has 0 saturated carbocycles. The minimum Gasteiger partial charge on any atom is -0.466 e. The highest BCUT2D eigenvalue weighted by atomic mass is 16.5. The molecular weight excluding hydrogens is 184 g/mol. The van der Waals surface area contributed by atoms with Crippen molar-refractivity contribution in [1.29, 1.82) is 0 Å². The Morgan fingerprint density at radius 1 is 1.29 bits per heavy atom. The molecule has 1 unspecified atom stereocenters. The van der Waals surface area contributed by atoms with Crippen LogP contribution in [-0.2, 0) is 19.1 Å². The third kappa shape index (κ3) is 5.45. The normalized spacial score (nSPS) is 11.9. The maximum absolute atomic E-state index is 11.3. The molecule has 0 saturated heterocycles. The fraction of sp³-hybridized carbons (Fsp3) is 0.700. The van der Waals surface area contributed by atoms with Gasteiger partial charge in [-0.3, -0.25) is 14.4 Å². The van der Waals surface area contributed by atoms with E-state index in [1.54, 1.807) is 13.8 Å². The van der Waals surface area contributed by atoms with Crippen molar-refractivity contribution in [2.24, 2.45) is 5.92 Å². The fourth-order valence-corrected chi connectivity index (χ4v) is 1.00. The van der Waals surface area contributed by atoms with Gasteiger partial charge in [-0.2, -0.15) is 0 Å². The molecule has 0 radical (unpaired) electrons. The summed E-state index contributed by atoms with van der Waals surface area (Å²) in [5.41, 5.74) is 0. The van der Waals surface area contributed by atoms with Gasteiger partial charge in [0.05, 0.1) is 19.4 Å². The van der Waals surface area contributed by atoms with Gasteiger partial charge in [0.15, 0.2) is 0 Å². The first-order chi connectivity index (χ1) is 6.47. The van der Waals surface area contributed by atoms with Gasteiger partial charge in [-0.25, -0.2) is 0 Å². The van der Waals surface area contributed by atoms with E-state index >= 15 is 0 Å². The van der Waals surface area contributed by atoms with Crippen LogP contribution in [0, 0.1) is 5.92 Å². The minimum atomic E-state index is -0.432. The summed E-state index contributed by atoms with van der Waals surface area (Å²) in [6, 6.07) is 0. The maximum atomic E-state index is 11.3. The molecule has 0 bridgehead atoms. The lowest BCUT2D eigenvalue weighted by Crippen LogP contribution is -2.19. The van der Waals surface area contributed by atoms with E-state index in [4.69, 9.17) is 4.74 Å². The SMILES string of the molecule is CCOC(=O)CC(C)C(=O)CC(C)=O. The van der Waals surface area contributed by atoms with Gasteiger partial charge in [0, 0.05) is 5.92 Å². The predicted molar refractivity (Wildman–Crippen MR) is 50.7 cm³/mol. The van der Waals surface area contributed by atoms with Crippen LogP contribution in [0.4, 0.5) is 0 Å². The smallest absolute Gasteiger partial charge is 0.306 e. The second-order valence-corrected chi connectivity index (χ2v) is 3.26. The van der Waals surface area contributed by atoms with E-state index < -0.39 is 11.9 Å². The van der Waals surface area contributed by atoms with Crippen molar-refractivity contribution in [3.63, 3.8) is 0 Å². The molecule has 0 rings (SSSR count). The van der Waals surface area contributed by atoms with E-state index in [0.717, 1.165) is 0 Å². The number of ketones is 2. The summed E-state index contributed by atoms with van der Waals surface area (Å²) in [5.74, 6) is -1.20. The molecule has 0 aromatic heterocycles. The zero-order chi connectivity index (χ0) is 11.1. The Balaban J connectivity index is 3.94. The van der Waals surface area contributed by atoms with E-state index in [-0.39, 0.29) is 24.4 Å². The molecule has 14 heavy (non-hydrogen) atoms. The Bertz CT molecular complexity index is 232.